The Kier molecular flexibility index (Phi) is 7.67. The lowest BCUT2D eigenvalue weighted by Crippen LogP contribution is -2.31. The minimum absolute atomic E-state index is 0.0126. The second-order valence-corrected chi connectivity index (χ2v) is 9.10. The molecule has 1 aliphatic rings. The van der Waals surface area contributed by atoms with E-state index in [0.717, 1.165) is 10.0 Å². The van der Waals surface area contributed by atoms with Gasteiger partial charge in [-0.25, -0.2) is 0 Å². The Morgan fingerprint density at radius 2 is 2.04 bits per heavy atom. The maximum atomic E-state index is 13.2. The Bertz CT molecular complexity index is 787. The normalized spacial score (nSPS) is 21.4. The summed E-state index contributed by atoms with van der Waals surface area (Å²) in [5, 5.41) is 3.91. The minimum Gasteiger partial charge on any atom is -0.462 e. The highest BCUT2D eigenvalue weighted by molar-refractivity contribution is 9.10. The average Bonchev–Trinajstić information content (AvgIpc) is 3.02. The van der Waals surface area contributed by atoms with E-state index in [1.165, 1.54) is 0 Å². The van der Waals surface area contributed by atoms with Crippen molar-refractivity contribution >= 4 is 27.7 Å². The number of ether oxygens (including phenoxy) is 1. The first-order valence-electron chi connectivity index (χ1n) is 9.70. The van der Waals surface area contributed by atoms with Gasteiger partial charge in [-0.1, -0.05) is 60.9 Å². The highest BCUT2D eigenvalue weighted by Crippen LogP contribution is 2.34. The van der Waals surface area contributed by atoms with E-state index < -0.39 is 12.1 Å². The molecule has 0 aliphatic carbocycles. The molecule has 7 heteroatoms. The summed E-state index contributed by atoms with van der Waals surface area (Å²) in [6.07, 6.45) is 0.402. The highest BCUT2D eigenvalue weighted by Gasteiger charge is 2.41. The fourth-order valence-corrected chi connectivity index (χ4v) is 4.03. The summed E-state index contributed by atoms with van der Waals surface area (Å²) < 4.78 is 6.41. The number of ketones is 1. The number of carbonyl (C=O) groups excluding carboxylic acids is 2. The van der Waals surface area contributed by atoms with Crippen LogP contribution < -0.4 is 0 Å². The summed E-state index contributed by atoms with van der Waals surface area (Å²) in [5.41, 5.74) is 10.7. The van der Waals surface area contributed by atoms with Crippen molar-refractivity contribution in [1.82, 2.24) is 0 Å². The molecule has 0 amide bonds. The van der Waals surface area contributed by atoms with Crippen molar-refractivity contribution < 1.29 is 14.3 Å². The third-order valence-corrected chi connectivity index (χ3v) is 6.44. The minimum atomic E-state index is -0.553. The first-order chi connectivity index (χ1) is 13.1. The molecule has 6 nitrogen and oxygen atoms in total. The Hall–Kier alpha value is -1.85. The van der Waals surface area contributed by atoms with Gasteiger partial charge in [0.1, 0.15) is 6.10 Å². The van der Waals surface area contributed by atoms with E-state index in [4.69, 9.17) is 10.3 Å². The number of hydrogen-bond donors (Lipinski definition) is 0. The van der Waals surface area contributed by atoms with Crippen LogP contribution in [0.25, 0.3) is 10.4 Å². The van der Waals surface area contributed by atoms with Gasteiger partial charge < -0.3 is 4.74 Å². The van der Waals surface area contributed by atoms with Crippen LogP contribution in [0.1, 0.15) is 56.5 Å². The second-order valence-electron chi connectivity index (χ2n) is 8.25. The SMILES string of the molecule is Cc1ccc(C(=O)[C@@H](C[C@H](N=[N+]=[N-])[C@@H]2C[C@@H](C(C)C)C(=O)O2)C(C)C)cc1Br. The molecule has 28 heavy (non-hydrogen) atoms. The molecule has 0 unspecified atom stereocenters. The van der Waals surface area contributed by atoms with Crippen LogP contribution in [0.4, 0.5) is 0 Å². The van der Waals surface area contributed by atoms with Gasteiger partial charge in [0, 0.05) is 20.9 Å². The lowest BCUT2D eigenvalue weighted by atomic mass is 9.81. The van der Waals surface area contributed by atoms with Crippen molar-refractivity contribution in [3.8, 4) is 0 Å². The number of hydrogen-bond acceptors (Lipinski definition) is 4. The number of cyclic esters (lactones) is 1. The molecule has 0 bridgehead atoms. The second kappa shape index (κ2) is 9.57. The monoisotopic (exact) mass is 449 g/mol. The topological polar surface area (TPSA) is 92.1 Å². The molecule has 2 rings (SSSR count). The van der Waals surface area contributed by atoms with Gasteiger partial charge in [-0.05, 0) is 48.8 Å². The molecule has 1 fully saturated rings. The van der Waals surface area contributed by atoms with Crippen LogP contribution >= 0.6 is 15.9 Å². The van der Waals surface area contributed by atoms with E-state index in [1.807, 2.05) is 52.8 Å². The molecule has 1 heterocycles. The smallest absolute Gasteiger partial charge is 0.309 e. The molecule has 0 radical (unpaired) electrons. The van der Waals surface area contributed by atoms with Crippen molar-refractivity contribution in [3.63, 3.8) is 0 Å². The molecule has 1 aromatic carbocycles. The summed E-state index contributed by atoms with van der Waals surface area (Å²) in [7, 11) is 0. The van der Waals surface area contributed by atoms with E-state index >= 15 is 0 Å². The molecule has 152 valence electrons. The molecule has 4 atom stereocenters. The number of esters is 1. The first-order valence-corrected chi connectivity index (χ1v) is 10.5. The van der Waals surface area contributed by atoms with Crippen molar-refractivity contribution in [2.45, 2.75) is 59.6 Å². The van der Waals surface area contributed by atoms with Crippen molar-refractivity contribution in [2.75, 3.05) is 0 Å². The van der Waals surface area contributed by atoms with E-state index in [1.54, 1.807) is 0 Å². The number of carbonyl (C=O) groups is 2. The summed E-state index contributed by atoms with van der Waals surface area (Å²) >= 11 is 3.48. The molecule has 0 aromatic heterocycles. The lowest BCUT2D eigenvalue weighted by molar-refractivity contribution is -0.145. The molecule has 0 spiro atoms. The Morgan fingerprint density at radius 1 is 1.36 bits per heavy atom. The van der Waals surface area contributed by atoms with Crippen molar-refractivity contribution in [1.29, 1.82) is 0 Å². The molecular formula is C21H28BrN3O3. The Balaban J connectivity index is 2.24. The van der Waals surface area contributed by atoms with Crippen molar-refractivity contribution in [3.05, 3.63) is 44.2 Å². The zero-order valence-electron chi connectivity index (χ0n) is 17.1. The Labute approximate surface area is 174 Å². The van der Waals surface area contributed by atoms with E-state index in [-0.39, 0.29) is 35.4 Å². The van der Waals surface area contributed by atoms with Gasteiger partial charge in [-0.2, -0.15) is 0 Å². The molecule has 0 saturated carbocycles. The maximum Gasteiger partial charge on any atom is 0.309 e. The predicted octanol–water partition coefficient (Wildman–Crippen LogP) is 5.87. The van der Waals surface area contributed by atoms with Crippen LogP contribution in [-0.2, 0) is 9.53 Å². The largest absolute Gasteiger partial charge is 0.462 e. The van der Waals surface area contributed by atoms with Crippen LogP contribution in [0, 0.1) is 30.6 Å². The van der Waals surface area contributed by atoms with E-state index in [0.29, 0.717) is 18.4 Å². The van der Waals surface area contributed by atoms with Gasteiger partial charge in [-0.3, -0.25) is 9.59 Å². The lowest BCUT2D eigenvalue weighted by Gasteiger charge is -2.26. The average molecular weight is 450 g/mol. The summed E-state index contributed by atoms with van der Waals surface area (Å²) in [4.78, 5) is 28.3. The molecule has 1 aromatic rings. The summed E-state index contributed by atoms with van der Waals surface area (Å²) in [6.45, 7) is 9.89. The number of halogens is 1. The van der Waals surface area contributed by atoms with Gasteiger partial charge >= 0.3 is 5.97 Å². The predicted molar refractivity (Wildman–Crippen MR) is 112 cm³/mol. The number of Topliss-reactive ketones (excluding diaryl/α,β-unsaturated/α-hetero) is 1. The number of benzene rings is 1. The standard InChI is InChI=1S/C21H28BrN3O3/c1-11(2)15(20(26)14-7-6-13(5)17(22)8-14)9-18(24-25-23)19-10-16(12(3)4)21(27)28-19/h6-8,11-12,15-16,18-19H,9-10H2,1-5H3/t15-,16-,18-,19-/m0/s1. The summed E-state index contributed by atoms with van der Waals surface area (Å²) in [5.74, 6) is -0.533. The zero-order chi connectivity index (χ0) is 21.0. The third kappa shape index (κ3) is 5.15. The van der Waals surface area contributed by atoms with Crippen LogP contribution in [-0.4, -0.2) is 23.9 Å². The zero-order valence-corrected chi connectivity index (χ0v) is 18.6. The van der Waals surface area contributed by atoms with Gasteiger partial charge in [0.2, 0.25) is 0 Å². The Morgan fingerprint density at radius 3 is 2.54 bits per heavy atom. The highest BCUT2D eigenvalue weighted by atomic mass is 79.9. The number of rotatable bonds is 8. The third-order valence-electron chi connectivity index (χ3n) is 5.58. The fraction of sp³-hybridized carbons (Fsp3) is 0.619. The maximum absolute atomic E-state index is 13.2. The van der Waals surface area contributed by atoms with Gasteiger partial charge in [-0.15, -0.1) is 0 Å². The van der Waals surface area contributed by atoms with Gasteiger partial charge in [0.25, 0.3) is 0 Å². The molecule has 0 N–H and O–H groups in total. The van der Waals surface area contributed by atoms with Gasteiger partial charge in [0.15, 0.2) is 5.78 Å². The molecule has 1 aliphatic heterocycles. The number of aryl methyl sites for hydroxylation is 1. The number of azide groups is 1. The van der Waals surface area contributed by atoms with Crippen LogP contribution in [0.2, 0.25) is 0 Å². The van der Waals surface area contributed by atoms with Gasteiger partial charge in [0.05, 0.1) is 12.0 Å². The van der Waals surface area contributed by atoms with E-state index in [9.17, 15) is 9.59 Å². The van der Waals surface area contributed by atoms with Crippen LogP contribution in [0.5, 0.6) is 0 Å². The number of nitrogens with zero attached hydrogens (tertiary/aromatic N) is 3. The molecule has 1 saturated heterocycles. The summed E-state index contributed by atoms with van der Waals surface area (Å²) in [6, 6.07) is 5.01. The fourth-order valence-electron chi connectivity index (χ4n) is 3.65. The van der Waals surface area contributed by atoms with Crippen LogP contribution in [0.15, 0.2) is 27.8 Å². The quantitative estimate of drug-likeness (QED) is 0.163. The van der Waals surface area contributed by atoms with Crippen molar-refractivity contribution in [2.24, 2.45) is 28.8 Å². The van der Waals surface area contributed by atoms with E-state index in [2.05, 4.69) is 26.0 Å². The van der Waals surface area contributed by atoms with Crippen LogP contribution in [0.3, 0.4) is 0 Å². The molecular weight excluding hydrogens is 422 g/mol. The first kappa shape index (κ1) is 22.4.